The van der Waals surface area contributed by atoms with Crippen LogP contribution in [0.1, 0.15) is 38.9 Å². The van der Waals surface area contributed by atoms with E-state index in [4.69, 9.17) is 9.47 Å². The number of pyridine rings is 1. The maximum Gasteiger partial charge on any atom is 0.416 e. The van der Waals surface area contributed by atoms with E-state index in [-0.39, 0.29) is 17.4 Å². The number of rotatable bonds is 9. The minimum Gasteiger partial charge on any atom is -0.494 e. The van der Waals surface area contributed by atoms with E-state index in [0.717, 1.165) is 60.6 Å². The molecule has 9 nitrogen and oxygen atoms in total. The largest absolute Gasteiger partial charge is 0.494 e. The normalized spacial score (nSPS) is 13.8. The minimum absolute atomic E-state index is 0.0193. The second kappa shape index (κ2) is 14.0. The number of alkyl halides is 3. The Bertz CT molecular complexity index is 1930. The third-order valence-electron chi connectivity index (χ3n) is 8.63. The molecule has 1 saturated heterocycles. The molecule has 0 saturated carbocycles. The summed E-state index contributed by atoms with van der Waals surface area (Å²) in [6.45, 7) is 6.26. The number of benzene rings is 3. The maximum absolute atomic E-state index is 13.6. The number of anilines is 1. The van der Waals surface area contributed by atoms with Gasteiger partial charge in [0.2, 0.25) is 5.88 Å². The summed E-state index contributed by atoms with van der Waals surface area (Å²) >= 11 is 0. The van der Waals surface area contributed by atoms with Crippen molar-refractivity contribution in [2.24, 2.45) is 7.05 Å². The molecule has 12 heteroatoms. The molecular formula is C37H36F3N5O4. The first-order valence-electron chi connectivity index (χ1n) is 15.9. The number of carbonyl (C=O) groups is 2. The number of aromatic nitrogens is 2. The Morgan fingerprint density at radius 3 is 2.20 bits per heavy atom. The molecule has 0 unspecified atom stereocenters. The average Bonchev–Trinajstić information content (AvgIpc) is 3.44. The molecule has 6 rings (SSSR count). The van der Waals surface area contributed by atoms with Crippen molar-refractivity contribution in [1.82, 2.24) is 19.4 Å². The van der Waals surface area contributed by atoms with Crippen LogP contribution in [0.15, 0.2) is 91.1 Å². The minimum atomic E-state index is -4.48. The van der Waals surface area contributed by atoms with Gasteiger partial charge >= 0.3 is 6.18 Å². The summed E-state index contributed by atoms with van der Waals surface area (Å²) < 4.78 is 52.1. The van der Waals surface area contributed by atoms with Crippen LogP contribution in [0.4, 0.5) is 18.9 Å². The van der Waals surface area contributed by atoms with E-state index in [1.54, 1.807) is 18.2 Å². The molecule has 0 bridgehead atoms. The summed E-state index contributed by atoms with van der Waals surface area (Å²) in [5, 5.41) is 0.902. The summed E-state index contributed by atoms with van der Waals surface area (Å²) in [5.74, 6) is 1.17. The molecule has 254 valence electrons. The predicted octanol–water partition coefficient (Wildman–Crippen LogP) is 7.02. The van der Waals surface area contributed by atoms with Gasteiger partial charge in [0.05, 0.1) is 29.6 Å². The average molecular weight is 672 g/mol. The molecule has 1 aliphatic rings. The number of fused-ring (bicyclic) bond motifs is 1. The molecule has 0 radical (unpaired) electrons. The molecule has 2 amide bonds. The number of carbonyl (C=O) groups excluding carboxylic acids is 2. The van der Waals surface area contributed by atoms with Crippen LogP contribution in [-0.4, -0.2) is 71.0 Å². The first-order chi connectivity index (χ1) is 23.5. The topological polar surface area (TPSA) is 80.1 Å². The number of piperazine rings is 1. The molecule has 3 aromatic carbocycles. The van der Waals surface area contributed by atoms with Crippen LogP contribution in [0.2, 0.25) is 0 Å². The number of hydrogen-bond acceptors (Lipinski definition) is 6. The third kappa shape index (κ3) is 7.54. The van der Waals surface area contributed by atoms with Crippen LogP contribution in [0, 0.1) is 0 Å². The highest BCUT2D eigenvalue weighted by Gasteiger charge is 2.30. The molecule has 0 aliphatic carbocycles. The Labute approximate surface area is 282 Å². The maximum atomic E-state index is 13.6. The number of aryl methyl sites for hydroxylation is 1. The van der Waals surface area contributed by atoms with Crippen molar-refractivity contribution in [3.05, 3.63) is 114 Å². The van der Waals surface area contributed by atoms with Crippen LogP contribution in [0.3, 0.4) is 0 Å². The van der Waals surface area contributed by atoms with Crippen LogP contribution in [-0.2, 0) is 19.8 Å². The molecule has 0 atom stereocenters. The number of ether oxygens (including phenoxy) is 2. The van der Waals surface area contributed by atoms with Crippen molar-refractivity contribution >= 4 is 28.4 Å². The molecule has 2 aromatic heterocycles. The molecule has 5 aromatic rings. The Morgan fingerprint density at radius 1 is 0.878 bits per heavy atom. The molecule has 1 aliphatic heterocycles. The molecule has 0 spiro atoms. The van der Waals surface area contributed by atoms with Crippen LogP contribution >= 0.6 is 0 Å². The fourth-order valence-corrected chi connectivity index (χ4v) is 5.83. The lowest BCUT2D eigenvalue weighted by Crippen LogP contribution is -2.48. The van der Waals surface area contributed by atoms with Gasteiger partial charge in [-0.2, -0.15) is 13.2 Å². The number of nitrogens with zero attached hydrogens (tertiary/aromatic N) is 5. The zero-order valence-electron chi connectivity index (χ0n) is 27.4. The Morgan fingerprint density at radius 2 is 1.57 bits per heavy atom. The smallest absolute Gasteiger partial charge is 0.416 e. The monoisotopic (exact) mass is 671 g/mol. The standard InChI is InChI=1S/C37H36F3N5O4/c1-4-48-30-13-5-25(6-14-30)24-44-17-19-45(20-18-44)36(47)33-21-27-9-15-31(22-32(27)43(33)3)49-34-16-12-29(23-41-34)42(2)35(46)26-7-10-28(11-8-26)37(38,39)40/h5-16,21-23H,4,17-20,24H2,1-3H3. The van der Waals surface area contributed by atoms with Crippen LogP contribution in [0.5, 0.6) is 17.4 Å². The van der Waals surface area contributed by atoms with Crippen molar-refractivity contribution in [3.8, 4) is 17.4 Å². The molecule has 3 heterocycles. The highest BCUT2D eigenvalue weighted by atomic mass is 19.4. The van der Waals surface area contributed by atoms with E-state index < -0.39 is 17.6 Å². The van der Waals surface area contributed by atoms with Gasteiger partial charge in [-0.15, -0.1) is 0 Å². The number of halogens is 3. The van der Waals surface area contributed by atoms with E-state index in [0.29, 0.717) is 36.8 Å². The van der Waals surface area contributed by atoms with Gasteiger partial charge in [-0.25, -0.2) is 4.98 Å². The van der Waals surface area contributed by atoms with Crippen LogP contribution in [0.25, 0.3) is 10.9 Å². The van der Waals surface area contributed by atoms with Gasteiger partial charge in [0.1, 0.15) is 17.2 Å². The lowest BCUT2D eigenvalue weighted by molar-refractivity contribution is -0.137. The molecular weight excluding hydrogens is 635 g/mol. The van der Waals surface area contributed by atoms with Gasteiger partial charge in [0.25, 0.3) is 11.8 Å². The number of amides is 2. The van der Waals surface area contributed by atoms with E-state index in [2.05, 4.69) is 22.0 Å². The van der Waals surface area contributed by atoms with Crippen molar-refractivity contribution in [1.29, 1.82) is 0 Å². The lowest BCUT2D eigenvalue weighted by Gasteiger charge is -2.34. The zero-order chi connectivity index (χ0) is 34.7. The third-order valence-corrected chi connectivity index (χ3v) is 8.63. The lowest BCUT2D eigenvalue weighted by atomic mass is 10.1. The molecule has 49 heavy (non-hydrogen) atoms. The van der Waals surface area contributed by atoms with Gasteiger partial charge in [0.15, 0.2) is 0 Å². The summed E-state index contributed by atoms with van der Waals surface area (Å²) in [5.41, 5.74) is 2.36. The van der Waals surface area contributed by atoms with E-state index >= 15 is 0 Å². The quantitative estimate of drug-likeness (QED) is 0.168. The highest BCUT2D eigenvalue weighted by Crippen LogP contribution is 2.31. The predicted molar refractivity (Wildman–Crippen MR) is 180 cm³/mol. The van der Waals surface area contributed by atoms with Gasteiger partial charge in [0, 0.05) is 69.9 Å². The Hall–Kier alpha value is -5.36. The van der Waals surface area contributed by atoms with Gasteiger partial charge < -0.3 is 23.8 Å². The van der Waals surface area contributed by atoms with Gasteiger partial charge in [-0.3, -0.25) is 14.5 Å². The van der Waals surface area contributed by atoms with Crippen molar-refractivity contribution < 1.29 is 32.2 Å². The van der Waals surface area contributed by atoms with Crippen molar-refractivity contribution in [3.63, 3.8) is 0 Å². The summed E-state index contributed by atoms with van der Waals surface area (Å²) in [6, 6.07) is 22.9. The SMILES string of the molecule is CCOc1ccc(CN2CCN(C(=O)c3cc4ccc(Oc5ccc(N(C)C(=O)c6ccc(C(F)(F)F)cc6)cn5)cc4n3C)CC2)cc1. The number of hydrogen-bond donors (Lipinski definition) is 0. The fourth-order valence-electron chi connectivity index (χ4n) is 5.83. The van der Waals surface area contributed by atoms with Crippen LogP contribution < -0.4 is 14.4 Å². The summed E-state index contributed by atoms with van der Waals surface area (Å²) in [4.78, 5) is 36.3. The van der Waals surface area contributed by atoms with Crippen molar-refractivity contribution in [2.75, 3.05) is 44.7 Å². The first-order valence-corrected chi connectivity index (χ1v) is 15.9. The van der Waals surface area contributed by atoms with Crippen molar-refractivity contribution in [2.45, 2.75) is 19.6 Å². The zero-order valence-corrected chi connectivity index (χ0v) is 27.4. The Balaban J connectivity index is 1.06. The van der Waals surface area contributed by atoms with Gasteiger partial charge in [-0.05, 0) is 73.2 Å². The first kappa shape index (κ1) is 33.5. The highest BCUT2D eigenvalue weighted by molar-refractivity contribution is 6.05. The Kier molecular flexibility index (Phi) is 9.59. The fraction of sp³-hybridized carbons (Fsp3) is 0.270. The van der Waals surface area contributed by atoms with Gasteiger partial charge in [-0.1, -0.05) is 12.1 Å². The van der Waals surface area contributed by atoms with E-state index in [9.17, 15) is 22.8 Å². The molecule has 1 fully saturated rings. The molecule has 0 N–H and O–H groups in total. The summed E-state index contributed by atoms with van der Waals surface area (Å²) in [6.07, 6.45) is -3.03. The van der Waals surface area contributed by atoms with E-state index in [1.165, 1.54) is 23.7 Å². The second-order valence-corrected chi connectivity index (χ2v) is 11.9. The second-order valence-electron chi connectivity index (χ2n) is 11.9. The van der Waals surface area contributed by atoms with E-state index in [1.807, 2.05) is 53.8 Å². The summed E-state index contributed by atoms with van der Waals surface area (Å²) in [7, 11) is 3.38.